The number of hydrogen-bond donors (Lipinski definition) is 0. The highest BCUT2D eigenvalue weighted by atomic mass is 79.9. The third-order valence-corrected chi connectivity index (χ3v) is 2.92. The maximum Gasteiger partial charge on any atom is 0.133 e. The van der Waals surface area contributed by atoms with Crippen LogP contribution in [0.15, 0.2) is 22.7 Å². The van der Waals surface area contributed by atoms with Crippen molar-refractivity contribution in [3.63, 3.8) is 0 Å². The smallest absolute Gasteiger partial charge is 0.133 e. The van der Waals surface area contributed by atoms with Gasteiger partial charge in [-0.2, -0.15) is 0 Å². The molecule has 0 unspecified atom stereocenters. The van der Waals surface area contributed by atoms with Crippen molar-refractivity contribution >= 4 is 27.5 Å². The minimum Gasteiger partial charge on any atom is -0.496 e. The number of nitrogens with zero attached hydrogens (tertiary/aromatic N) is 1. The molecule has 1 aromatic rings. The Kier molecular flexibility index (Phi) is 5.43. The predicted molar refractivity (Wildman–Crippen MR) is 67.7 cm³/mol. The first-order valence-corrected chi connectivity index (χ1v) is 6.07. The summed E-state index contributed by atoms with van der Waals surface area (Å²) in [6, 6.07) is 6.10. The Labute approximate surface area is 104 Å². The summed E-state index contributed by atoms with van der Waals surface area (Å²) in [5.74, 6) is 1.52. The average Bonchev–Trinajstić information content (AvgIpc) is 2.18. The molecule has 0 atom stereocenters. The molecule has 15 heavy (non-hydrogen) atoms. The number of methoxy groups -OCH3 is 1. The van der Waals surface area contributed by atoms with E-state index < -0.39 is 0 Å². The number of alkyl halides is 1. The minimum absolute atomic E-state index is 0.661. The average molecular weight is 293 g/mol. The highest BCUT2D eigenvalue weighted by Crippen LogP contribution is 2.25. The van der Waals surface area contributed by atoms with Crippen LogP contribution in [-0.4, -0.2) is 31.5 Å². The standard InChI is InChI=1S/C11H15BrClNO/c1-14(6-5-13)8-9-3-4-11(15-2)10(12)7-9/h3-4,7H,5-6,8H2,1-2H3. The van der Waals surface area contributed by atoms with Crippen molar-refractivity contribution in [2.45, 2.75) is 6.54 Å². The van der Waals surface area contributed by atoms with Crippen molar-refractivity contribution < 1.29 is 4.74 Å². The Hall–Kier alpha value is -0.250. The quantitative estimate of drug-likeness (QED) is 0.773. The van der Waals surface area contributed by atoms with Crippen LogP contribution in [-0.2, 0) is 6.54 Å². The van der Waals surface area contributed by atoms with Gasteiger partial charge in [0.15, 0.2) is 0 Å². The van der Waals surface area contributed by atoms with Gasteiger partial charge in [0.1, 0.15) is 5.75 Å². The van der Waals surface area contributed by atoms with Crippen LogP contribution in [0, 0.1) is 0 Å². The van der Waals surface area contributed by atoms with Gasteiger partial charge in [0, 0.05) is 19.0 Å². The number of ether oxygens (including phenoxy) is 1. The summed E-state index contributed by atoms with van der Waals surface area (Å²) in [6.45, 7) is 1.79. The van der Waals surface area contributed by atoms with Gasteiger partial charge in [-0.25, -0.2) is 0 Å². The molecule has 0 aliphatic heterocycles. The Bertz CT molecular complexity index is 319. The van der Waals surface area contributed by atoms with E-state index in [-0.39, 0.29) is 0 Å². The fraction of sp³-hybridized carbons (Fsp3) is 0.455. The van der Waals surface area contributed by atoms with Crippen LogP contribution < -0.4 is 4.74 Å². The molecule has 0 heterocycles. The van der Waals surface area contributed by atoms with E-state index in [1.54, 1.807) is 7.11 Å². The van der Waals surface area contributed by atoms with Crippen LogP contribution in [0.2, 0.25) is 0 Å². The Balaban J connectivity index is 2.66. The van der Waals surface area contributed by atoms with Crippen LogP contribution in [0.5, 0.6) is 5.75 Å². The van der Waals surface area contributed by atoms with Gasteiger partial charge in [-0.3, -0.25) is 0 Å². The second-order valence-corrected chi connectivity index (χ2v) is 4.63. The zero-order valence-electron chi connectivity index (χ0n) is 8.96. The van der Waals surface area contributed by atoms with Crippen molar-refractivity contribution in [3.8, 4) is 5.75 Å². The maximum absolute atomic E-state index is 5.67. The van der Waals surface area contributed by atoms with E-state index in [4.69, 9.17) is 16.3 Å². The number of benzene rings is 1. The molecule has 0 N–H and O–H groups in total. The lowest BCUT2D eigenvalue weighted by atomic mass is 10.2. The van der Waals surface area contributed by atoms with E-state index in [1.165, 1.54) is 5.56 Å². The molecule has 2 nitrogen and oxygen atoms in total. The van der Waals surface area contributed by atoms with Crippen molar-refractivity contribution in [3.05, 3.63) is 28.2 Å². The number of rotatable bonds is 5. The molecule has 1 rings (SSSR count). The van der Waals surface area contributed by atoms with Gasteiger partial charge in [0.05, 0.1) is 11.6 Å². The molecule has 84 valence electrons. The van der Waals surface area contributed by atoms with Crippen LogP contribution in [0.4, 0.5) is 0 Å². The van der Waals surface area contributed by atoms with Gasteiger partial charge in [-0.15, -0.1) is 11.6 Å². The summed E-state index contributed by atoms with van der Waals surface area (Å²) in [5.41, 5.74) is 1.25. The lowest BCUT2D eigenvalue weighted by molar-refractivity contribution is 0.347. The van der Waals surface area contributed by atoms with E-state index >= 15 is 0 Å². The number of halogens is 2. The first-order chi connectivity index (χ1) is 7.17. The van der Waals surface area contributed by atoms with Crippen LogP contribution in [0.25, 0.3) is 0 Å². The summed E-state index contributed by atoms with van der Waals surface area (Å²) in [7, 11) is 3.72. The molecular formula is C11H15BrClNO. The van der Waals surface area contributed by atoms with Gasteiger partial charge in [-0.1, -0.05) is 6.07 Å². The van der Waals surface area contributed by atoms with Gasteiger partial charge in [-0.05, 0) is 40.7 Å². The van der Waals surface area contributed by atoms with Crippen molar-refractivity contribution in [2.24, 2.45) is 0 Å². The molecule has 0 spiro atoms. The highest BCUT2D eigenvalue weighted by molar-refractivity contribution is 9.10. The molecule has 0 amide bonds. The topological polar surface area (TPSA) is 12.5 Å². The summed E-state index contributed by atoms with van der Waals surface area (Å²) in [4.78, 5) is 2.18. The Morgan fingerprint density at radius 2 is 2.20 bits per heavy atom. The molecule has 4 heteroatoms. The highest BCUT2D eigenvalue weighted by Gasteiger charge is 2.03. The molecule has 0 saturated heterocycles. The van der Waals surface area contributed by atoms with Crippen LogP contribution in [0.3, 0.4) is 0 Å². The van der Waals surface area contributed by atoms with Crippen molar-refractivity contribution in [1.29, 1.82) is 0 Å². The van der Waals surface area contributed by atoms with Crippen LogP contribution in [0.1, 0.15) is 5.56 Å². The molecule has 0 bridgehead atoms. The molecule has 0 radical (unpaired) electrons. The molecule has 0 fully saturated rings. The molecular weight excluding hydrogens is 277 g/mol. The monoisotopic (exact) mass is 291 g/mol. The van der Waals surface area contributed by atoms with Crippen LogP contribution >= 0.6 is 27.5 Å². The zero-order chi connectivity index (χ0) is 11.3. The molecule has 0 aliphatic carbocycles. The van der Waals surface area contributed by atoms with E-state index in [9.17, 15) is 0 Å². The van der Waals surface area contributed by atoms with E-state index in [0.717, 1.165) is 23.3 Å². The fourth-order valence-corrected chi connectivity index (χ4v) is 2.22. The lowest BCUT2D eigenvalue weighted by Crippen LogP contribution is -2.19. The third kappa shape index (κ3) is 4.01. The zero-order valence-corrected chi connectivity index (χ0v) is 11.3. The second-order valence-electron chi connectivity index (χ2n) is 3.40. The maximum atomic E-state index is 5.67. The molecule has 1 aromatic carbocycles. The van der Waals surface area contributed by atoms with Gasteiger partial charge >= 0.3 is 0 Å². The summed E-state index contributed by atoms with van der Waals surface area (Å²) in [6.07, 6.45) is 0. The van der Waals surface area contributed by atoms with Crippen molar-refractivity contribution in [2.75, 3.05) is 26.6 Å². The second kappa shape index (κ2) is 6.36. The van der Waals surface area contributed by atoms with Gasteiger partial charge in [0.2, 0.25) is 0 Å². The summed E-state index contributed by atoms with van der Waals surface area (Å²) in [5, 5.41) is 0. The third-order valence-electron chi connectivity index (χ3n) is 2.13. The van der Waals surface area contributed by atoms with E-state index in [1.807, 2.05) is 6.07 Å². The first-order valence-electron chi connectivity index (χ1n) is 4.74. The largest absolute Gasteiger partial charge is 0.496 e. The Morgan fingerprint density at radius 1 is 1.47 bits per heavy atom. The van der Waals surface area contributed by atoms with Gasteiger partial charge in [0.25, 0.3) is 0 Å². The van der Waals surface area contributed by atoms with E-state index in [2.05, 4.69) is 40.0 Å². The summed E-state index contributed by atoms with van der Waals surface area (Å²) < 4.78 is 6.16. The molecule has 0 aliphatic rings. The number of hydrogen-bond acceptors (Lipinski definition) is 2. The van der Waals surface area contributed by atoms with Crippen molar-refractivity contribution in [1.82, 2.24) is 4.90 Å². The van der Waals surface area contributed by atoms with Gasteiger partial charge < -0.3 is 9.64 Å². The normalized spacial score (nSPS) is 10.7. The minimum atomic E-state index is 0.661. The fourth-order valence-electron chi connectivity index (χ4n) is 1.34. The molecule has 0 aromatic heterocycles. The predicted octanol–water partition coefficient (Wildman–Crippen LogP) is 3.13. The lowest BCUT2D eigenvalue weighted by Gasteiger charge is -2.15. The first kappa shape index (κ1) is 12.8. The van der Waals surface area contributed by atoms with E-state index in [0.29, 0.717) is 5.88 Å². The summed E-state index contributed by atoms with van der Waals surface area (Å²) >= 11 is 9.14. The Morgan fingerprint density at radius 3 is 2.73 bits per heavy atom. The molecule has 0 saturated carbocycles. The SMILES string of the molecule is COc1ccc(CN(C)CCCl)cc1Br.